The molecule has 5 nitrogen and oxygen atoms in total. The molecule has 0 saturated carbocycles. The molecule has 0 bridgehead atoms. The molecule has 63 valence electrons. The molecule has 2 N–H and O–H groups in total. The third-order valence-corrected chi connectivity index (χ3v) is 1.57. The van der Waals surface area contributed by atoms with E-state index in [-0.39, 0.29) is 6.61 Å². The zero-order valence-corrected chi connectivity index (χ0v) is 6.20. The van der Waals surface area contributed by atoms with E-state index in [0.717, 1.165) is 0 Å². The topological polar surface area (TPSA) is 81.5 Å². The summed E-state index contributed by atoms with van der Waals surface area (Å²) in [6, 6.07) is 0. The maximum Gasteiger partial charge on any atom is 0.277 e. The van der Waals surface area contributed by atoms with Crippen molar-refractivity contribution in [2.75, 3.05) is 13.2 Å². The van der Waals surface area contributed by atoms with Gasteiger partial charge in [-0.2, -0.15) is 0 Å². The summed E-state index contributed by atoms with van der Waals surface area (Å²) in [4.78, 5) is 10.7. The molecule has 2 atom stereocenters. The fraction of sp³-hybridized carbons (Fsp3) is 0.833. The molecule has 2 unspecified atom stereocenters. The number of primary amides is 1. The van der Waals surface area contributed by atoms with Crippen LogP contribution in [0.15, 0.2) is 0 Å². The van der Waals surface area contributed by atoms with Gasteiger partial charge >= 0.3 is 0 Å². The smallest absolute Gasteiger partial charge is 0.277 e. The van der Waals surface area contributed by atoms with Crippen molar-refractivity contribution in [2.45, 2.75) is 18.8 Å². The maximum atomic E-state index is 10.7. The molecule has 0 spiro atoms. The van der Waals surface area contributed by atoms with Crippen LogP contribution in [-0.2, 0) is 19.4 Å². The Bertz CT molecular complexity index is 172. The molecule has 1 radical (unpaired) electrons. The van der Waals surface area contributed by atoms with Crippen LogP contribution in [0.3, 0.4) is 0 Å². The average Bonchev–Trinajstić information content (AvgIpc) is 2.33. The fourth-order valence-corrected chi connectivity index (χ4v) is 0.849. The van der Waals surface area contributed by atoms with Gasteiger partial charge in [0, 0.05) is 0 Å². The second kappa shape index (κ2) is 2.77. The first kappa shape index (κ1) is 8.45. The highest BCUT2D eigenvalue weighted by atomic mass is 16.8. The van der Waals surface area contributed by atoms with Crippen molar-refractivity contribution in [1.29, 1.82) is 0 Å². The van der Waals surface area contributed by atoms with E-state index < -0.39 is 24.4 Å². The third-order valence-electron chi connectivity index (χ3n) is 1.57. The lowest BCUT2D eigenvalue weighted by Crippen LogP contribution is -2.42. The van der Waals surface area contributed by atoms with Crippen LogP contribution in [0.4, 0.5) is 0 Å². The van der Waals surface area contributed by atoms with Gasteiger partial charge in [-0.15, -0.1) is 0 Å². The van der Waals surface area contributed by atoms with Gasteiger partial charge in [-0.3, -0.25) is 4.79 Å². The number of rotatable bonds is 2. The van der Waals surface area contributed by atoms with E-state index >= 15 is 0 Å². The minimum Gasteiger partial charge on any atom is -0.365 e. The molecular formula is C6H10NO4. The van der Waals surface area contributed by atoms with Crippen LogP contribution in [0.1, 0.15) is 6.92 Å². The highest BCUT2D eigenvalue weighted by molar-refractivity contribution is 5.81. The number of carbonyl (C=O) groups is 1. The van der Waals surface area contributed by atoms with Gasteiger partial charge < -0.3 is 15.2 Å². The number of ether oxygens (including phenoxy) is 2. The molecule has 11 heavy (non-hydrogen) atoms. The summed E-state index contributed by atoms with van der Waals surface area (Å²) < 4.78 is 9.86. The Morgan fingerprint density at radius 1 is 1.82 bits per heavy atom. The van der Waals surface area contributed by atoms with Crippen LogP contribution in [0.25, 0.3) is 0 Å². The average molecular weight is 160 g/mol. The lowest BCUT2D eigenvalue weighted by atomic mass is 10.3. The number of hydrogen-bond donors (Lipinski definition) is 1. The molecule has 1 fully saturated rings. The zero-order valence-electron chi connectivity index (χ0n) is 6.20. The van der Waals surface area contributed by atoms with Crippen LogP contribution in [-0.4, -0.2) is 31.0 Å². The van der Waals surface area contributed by atoms with Crippen molar-refractivity contribution in [3.05, 3.63) is 0 Å². The van der Waals surface area contributed by atoms with E-state index in [1.807, 2.05) is 0 Å². The van der Waals surface area contributed by atoms with E-state index in [2.05, 4.69) is 0 Å². The van der Waals surface area contributed by atoms with E-state index in [1.165, 1.54) is 6.92 Å². The van der Waals surface area contributed by atoms with Crippen LogP contribution in [0, 0.1) is 0 Å². The highest BCUT2D eigenvalue weighted by Crippen LogP contribution is 2.22. The normalized spacial score (nSPS) is 37.5. The van der Waals surface area contributed by atoms with Crippen LogP contribution >= 0.6 is 0 Å². The van der Waals surface area contributed by atoms with Crippen LogP contribution in [0.2, 0.25) is 0 Å². The summed E-state index contributed by atoms with van der Waals surface area (Å²) in [5.74, 6) is -2.09. The van der Waals surface area contributed by atoms with Gasteiger partial charge in [0.1, 0.15) is 12.7 Å². The van der Waals surface area contributed by atoms with Crippen LogP contribution in [0.5, 0.6) is 0 Å². The second-order valence-corrected chi connectivity index (χ2v) is 2.53. The Labute approximate surface area is 64.1 Å². The lowest BCUT2D eigenvalue weighted by Gasteiger charge is -2.17. The van der Waals surface area contributed by atoms with Crippen molar-refractivity contribution in [3.8, 4) is 0 Å². The molecule has 1 saturated heterocycles. The Morgan fingerprint density at radius 2 is 2.45 bits per heavy atom. The van der Waals surface area contributed by atoms with Crippen molar-refractivity contribution in [1.82, 2.24) is 0 Å². The molecule has 1 heterocycles. The van der Waals surface area contributed by atoms with Gasteiger partial charge in [0.15, 0.2) is 0 Å². The van der Waals surface area contributed by atoms with Crippen molar-refractivity contribution in [2.24, 2.45) is 5.73 Å². The molecule has 1 amide bonds. The molecule has 0 aliphatic carbocycles. The van der Waals surface area contributed by atoms with Crippen molar-refractivity contribution < 1.29 is 19.4 Å². The van der Waals surface area contributed by atoms with E-state index in [1.54, 1.807) is 0 Å². The van der Waals surface area contributed by atoms with Gasteiger partial charge in [0.2, 0.25) is 5.79 Å². The number of carbonyl (C=O) groups excluding carboxylic acids is 1. The van der Waals surface area contributed by atoms with Crippen molar-refractivity contribution >= 4 is 5.91 Å². The molecule has 5 heteroatoms. The first-order valence-corrected chi connectivity index (χ1v) is 3.28. The standard InChI is InChI=1S/C6H10NO4/c1-6(5(7)9)10-3-4(2-8)11-6/h4H,2-3H2,1H3,(H2,7,9). The largest absolute Gasteiger partial charge is 0.365 e. The van der Waals surface area contributed by atoms with Crippen molar-refractivity contribution in [3.63, 3.8) is 0 Å². The summed E-state index contributed by atoms with van der Waals surface area (Å²) in [7, 11) is 0. The van der Waals surface area contributed by atoms with Gasteiger partial charge in [-0.25, -0.2) is 5.11 Å². The molecule has 1 aliphatic rings. The Kier molecular flexibility index (Phi) is 2.12. The summed E-state index contributed by atoms with van der Waals surface area (Å²) in [6.45, 7) is 1.14. The maximum absolute atomic E-state index is 10.7. The first-order valence-electron chi connectivity index (χ1n) is 3.28. The SMILES string of the molecule is CC1(C(N)=O)OCC(C[O])O1. The zero-order chi connectivity index (χ0) is 8.48. The van der Waals surface area contributed by atoms with Gasteiger partial charge in [-0.1, -0.05) is 0 Å². The second-order valence-electron chi connectivity index (χ2n) is 2.53. The third kappa shape index (κ3) is 1.50. The summed E-state index contributed by atoms with van der Waals surface area (Å²) >= 11 is 0. The lowest BCUT2D eigenvalue weighted by molar-refractivity contribution is -0.179. The van der Waals surface area contributed by atoms with Gasteiger partial charge in [0.25, 0.3) is 5.91 Å². The summed E-state index contributed by atoms with van der Waals surface area (Å²) in [5, 5.41) is 10.3. The molecule has 1 rings (SSSR count). The minimum absolute atomic E-state index is 0.142. The number of hydrogen-bond acceptors (Lipinski definition) is 3. The quantitative estimate of drug-likeness (QED) is 0.564. The van der Waals surface area contributed by atoms with E-state index in [4.69, 9.17) is 15.2 Å². The Morgan fingerprint density at radius 3 is 2.73 bits per heavy atom. The molecule has 1 aliphatic heterocycles. The van der Waals surface area contributed by atoms with E-state index in [0.29, 0.717) is 0 Å². The predicted molar refractivity (Wildman–Crippen MR) is 34.0 cm³/mol. The van der Waals surface area contributed by atoms with E-state index in [9.17, 15) is 9.90 Å². The predicted octanol–water partition coefficient (Wildman–Crippen LogP) is -0.966. The van der Waals surface area contributed by atoms with Gasteiger partial charge in [0.05, 0.1) is 6.61 Å². The Hall–Kier alpha value is -0.650. The molecular weight excluding hydrogens is 150 g/mol. The highest BCUT2D eigenvalue weighted by Gasteiger charge is 2.42. The van der Waals surface area contributed by atoms with Crippen LogP contribution < -0.4 is 5.73 Å². The minimum atomic E-state index is -1.39. The monoisotopic (exact) mass is 160 g/mol. The number of amides is 1. The number of nitrogens with two attached hydrogens (primary N) is 1. The fourth-order valence-electron chi connectivity index (χ4n) is 0.849. The Balaban J connectivity index is 2.57. The summed E-state index contributed by atoms with van der Waals surface area (Å²) in [6.07, 6.45) is -0.549. The van der Waals surface area contributed by atoms with Gasteiger partial charge in [-0.05, 0) is 6.92 Å². The molecule has 0 aromatic heterocycles. The first-order chi connectivity index (χ1) is 5.08. The molecule has 0 aromatic rings. The molecule has 0 aromatic carbocycles. The summed E-state index contributed by atoms with van der Waals surface area (Å²) in [5.41, 5.74) is 4.96.